The van der Waals surface area contributed by atoms with Crippen LogP contribution in [0, 0.1) is 28.6 Å². The molecular weight excluding hydrogens is 304 g/mol. The van der Waals surface area contributed by atoms with E-state index in [1.165, 1.54) is 0 Å². The first kappa shape index (κ1) is 19.6. The summed E-state index contributed by atoms with van der Waals surface area (Å²) < 4.78 is 0. The van der Waals surface area contributed by atoms with Gasteiger partial charge in [0.2, 0.25) is 0 Å². The fourth-order valence-corrected chi connectivity index (χ4v) is 5.36. The third kappa shape index (κ3) is 3.21. The molecule has 2 aliphatic rings. The highest BCUT2D eigenvalue weighted by molar-refractivity contribution is 5.86. The lowest BCUT2D eigenvalue weighted by Gasteiger charge is -2.60. The highest BCUT2D eigenvalue weighted by Gasteiger charge is 2.58. The molecular formula is C20H34O4. The third-order valence-corrected chi connectivity index (χ3v) is 7.61. The van der Waals surface area contributed by atoms with E-state index in [4.69, 9.17) is 5.11 Å². The summed E-state index contributed by atoms with van der Waals surface area (Å²) in [6.45, 7) is 8.72. The normalized spacial score (nSPS) is 43.6. The Morgan fingerprint density at radius 3 is 2.54 bits per heavy atom. The van der Waals surface area contributed by atoms with Gasteiger partial charge in [-0.1, -0.05) is 33.8 Å². The second-order valence-corrected chi connectivity index (χ2v) is 8.58. The number of fused-ring (bicyclic) bond motifs is 1. The van der Waals surface area contributed by atoms with Crippen LogP contribution in [0.5, 0.6) is 0 Å². The Labute approximate surface area is 146 Å². The predicted octanol–water partition coefficient (Wildman–Crippen LogP) is 2.71. The van der Waals surface area contributed by atoms with Gasteiger partial charge in [0.1, 0.15) is 6.10 Å². The highest BCUT2D eigenvalue weighted by Crippen LogP contribution is 2.62. The SMILES string of the molecule is C[C@@H]1CC[C@@]2(C)[C@H](C[C@@H](O)C(=O)[C@H]2C)[C@@]1(C)CC/C(=C/CO)CO. The Balaban J connectivity index is 2.29. The van der Waals surface area contributed by atoms with Crippen LogP contribution in [0.15, 0.2) is 11.6 Å². The van der Waals surface area contributed by atoms with Crippen molar-refractivity contribution in [1.82, 2.24) is 0 Å². The molecule has 2 fully saturated rings. The van der Waals surface area contributed by atoms with Crippen molar-refractivity contribution in [3.63, 3.8) is 0 Å². The van der Waals surface area contributed by atoms with Crippen LogP contribution in [0.1, 0.15) is 59.8 Å². The van der Waals surface area contributed by atoms with E-state index >= 15 is 0 Å². The number of aliphatic hydroxyl groups is 3. The molecule has 0 saturated heterocycles. The minimum Gasteiger partial charge on any atom is -0.392 e. The summed E-state index contributed by atoms with van der Waals surface area (Å²) in [6.07, 6.45) is 5.20. The fraction of sp³-hybridized carbons (Fsp3) is 0.850. The summed E-state index contributed by atoms with van der Waals surface area (Å²) in [4.78, 5) is 12.4. The number of hydrogen-bond donors (Lipinski definition) is 3. The maximum Gasteiger partial charge on any atom is 0.164 e. The molecule has 0 aromatic carbocycles. The van der Waals surface area contributed by atoms with E-state index in [0.717, 1.165) is 31.3 Å². The molecule has 0 spiro atoms. The number of carbonyl (C=O) groups excluding carboxylic acids is 1. The third-order valence-electron chi connectivity index (χ3n) is 7.61. The van der Waals surface area contributed by atoms with E-state index in [1.54, 1.807) is 6.08 Å². The van der Waals surface area contributed by atoms with Gasteiger partial charge >= 0.3 is 0 Å². The lowest BCUT2D eigenvalue weighted by atomic mass is 9.44. The van der Waals surface area contributed by atoms with Gasteiger partial charge in [-0.2, -0.15) is 0 Å². The summed E-state index contributed by atoms with van der Waals surface area (Å²) >= 11 is 0. The number of hydrogen-bond acceptors (Lipinski definition) is 4. The zero-order chi connectivity index (χ0) is 18.1. The lowest BCUT2D eigenvalue weighted by Crippen LogP contribution is -2.58. The fourth-order valence-electron chi connectivity index (χ4n) is 5.36. The second-order valence-electron chi connectivity index (χ2n) is 8.58. The summed E-state index contributed by atoms with van der Waals surface area (Å²) in [5.41, 5.74) is 0.836. The Morgan fingerprint density at radius 1 is 1.29 bits per heavy atom. The van der Waals surface area contributed by atoms with Gasteiger partial charge in [-0.25, -0.2) is 0 Å². The molecule has 3 N–H and O–H groups in total. The summed E-state index contributed by atoms with van der Waals surface area (Å²) in [5, 5.41) is 28.9. The van der Waals surface area contributed by atoms with Crippen molar-refractivity contribution in [2.45, 2.75) is 65.9 Å². The molecule has 0 heterocycles. The zero-order valence-electron chi connectivity index (χ0n) is 15.6. The van der Waals surface area contributed by atoms with Gasteiger partial charge in [-0.05, 0) is 60.3 Å². The van der Waals surface area contributed by atoms with Gasteiger partial charge in [0.05, 0.1) is 13.2 Å². The second kappa shape index (κ2) is 7.27. The Morgan fingerprint density at radius 2 is 1.96 bits per heavy atom. The quantitative estimate of drug-likeness (QED) is 0.674. The van der Waals surface area contributed by atoms with Crippen molar-refractivity contribution >= 4 is 5.78 Å². The maximum atomic E-state index is 12.4. The summed E-state index contributed by atoms with van der Waals surface area (Å²) in [7, 11) is 0. The van der Waals surface area contributed by atoms with E-state index in [0.29, 0.717) is 18.3 Å². The highest BCUT2D eigenvalue weighted by atomic mass is 16.3. The smallest absolute Gasteiger partial charge is 0.164 e. The van der Waals surface area contributed by atoms with Crippen molar-refractivity contribution in [2.24, 2.45) is 28.6 Å². The van der Waals surface area contributed by atoms with Gasteiger partial charge in [-0.3, -0.25) is 4.79 Å². The molecule has 0 radical (unpaired) electrons. The average Bonchev–Trinajstić information content (AvgIpc) is 2.56. The van der Waals surface area contributed by atoms with Crippen molar-refractivity contribution < 1.29 is 20.1 Å². The van der Waals surface area contributed by atoms with Gasteiger partial charge < -0.3 is 15.3 Å². The Bertz CT molecular complexity index is 500. The number of ketones is 1. The van der Waals surface area contributed by atoms with Crippen LogP contribution in [-0.2, 0) is 4.79 Å². The van der Waals surface area contributed by atoms with E-state index < -0.39 is 6.10 Å². The van der Waals surface area contributed by atoms with Crippen LogP contribution in [-0.4, -0.2) is 40.4 Å². The molecule has 0 unspecified atom stereocenters. The molecule has 4 heteroatoms. The van der Waals surface area contributed by atoms with Crippen LogP contribution < -0.4 is 0 Å². The molecule has 0 aliphatic heterocycles. The number of rotatable bonds is 5. The van der Waals surface area contributed by atoms with Crippen LogP contribution in [0.3, 0.4) is 0 Å². The maximum absolute atomic E-state index is 12.4. The topological polar surface area (TPSA) is 77.8 Å². The summed E-state index contributed by atoms with van der Waals surface area (Å²) in [5.74, 6) is 0.702. The molecule has 138 valence electrons. The van der Waals surface area contributed by atoms with Crippen LogP contribution in [0.4, 0.5) is 0 Å². The zero-order valence-corrected chi connectivity index (χ0v) is 15.6. The minimum atomic E-state index is -0.840. The van der Waals surface area contributed by atoms with Gasteiger partial charge in [-0.15, -0.1) is 0 Å². The van der Waals surface area contributed by atoms with Crippen molar-refractivity contribution in [3.05, 3.63) is 11.6 Å². The number of aliphatic hydroxyl groups excluding tert-OH is 3. The average molecular weight is 338 g/mol. The van der Waals surface area contributed by atoms with Gasteiger partial charge in [0, 0.05) is 5.92 Å². The minimum absolute atomic E-state index is 0.00174. The Kier molecular flexibility index (Phi) is 5.94. The lowest BCUT2D eigenvalue weighted by molar-refractivity contribution is -0.164. The van der Waals surface area contributed by atoms with E-state index in [1.807, 2.05) is 6.92 Å². The molecule has 24 heavy (non-hydrogen) atoms. The number of Topliss-reactive ketones (excluding diaryl/α,β-unsaturated/α-hetero) is 1. The van der Waals surface area contributed by atoms with Crippen LogP contribution >= 0.6 is 0 Å². The van der Waals surface area contributed by atoms with E-state index in [-0.39, 0.29) is 35.7 Å². The first-order valence-corrected chi connectivity index (χ1v) is 9.32. The van der Waals surface area contributed by atoms with Gasteiger partial charge in [0.25, 0.3) is 0 Å². The molecule has 4 nitrogen and oxygen atoms in total. The van der Waals surface area contributed by atoms with E-state index in [9.17, 15) is 15.0 Å². The number of carbonyl (C=O) groups is 1. The largest absolute Gasteiger partial charge is 0.392 e. The first-order chi connectivity index (χ1) is 11.2. The van der Waals surface area contributed by atoms with Gasteiger partial charge in [0.15, 0.2) is 5.78 Å². The molecule has 0 aromatic heterocycles. The Hall–Kier alpha value is -0.710. The molecule has 2 rings (SSSR count). The van der Waals surface area contributed by atoms with Crippen molar-refractivity contribution in [1.29, 1.82) is 0 Å². The van der Waals surface area contributed by atoms with E-state index in [2.05, 4.69) is 20.8 Å². The molecule has 2 saturated carbocycles. The standard InChI is InChI=1S/C20H34O4/c1-13-5-8-20(4)14(2)18(24)16(23)11-17(20)19(13,3)9-6-15(12-22)7-10-21/h7,13-14,16-17,21-23H,5-6,8-12H2,1-4H3/b15-7-/t13-,14-,16-,17-,19+,20-/m1/s1. The molecule has 0 amide bonds. The molecule has 6 atom stereocenters. The predicted molar refractivity (Wildman–Crippen MR) is 94.4 cm³/mol. The van der Waals surface area contributed by atoms with Crippen LogP contribution in [0.25, 0.3) is 0 Å². The van der Waals surface area contributed by atoms with Crippen molar-refractivity contribution in [2.75, 3.05) is 13.2 Å². The summed E-state index contributed by atoms with van der Waals surface area (Å²) in [6, 6.07) is 0. The molecule has 0 aromatic rings. The molecule has 0 bridgehead atoms. The first-order valence-electron chi connectivity index (χ1n) is 9.32. The monoisotopic (exact) mass is 338 g/mol. The van der Waals surface area contributed by atoms with Crippen LogP contribution in [0.2, 0.25) is 0 Å². The van der Waals surface area contributed by atoms with Crippen molar-refractivity contribution in [3.8, 4) is 0 Å². The molecule has 2 aliphatic carbocycles.